The van der Waals surface area contributed by atoms with E-state index >= 15 is 0 Å². The number of piperidine rings is 1. The van der Waals surface area contributed by atoms with Crippen molar-refractivity contribution in [1.29, 1.82) is 0 Å². The molecule has 1 amide bonds. The number of carbonyl (C=O) groups is 1. The van der Waals surface area contributed by atoms with E-state index in [4.69, 9.17) is 16.6 Å². The van der Waals surface area contributed by atoms with Gasteiger partial charge in [0.15, 0.2) is 5.65 Å². The maximum atomic E-state index is 13.4. The second-order valence-electron chi connectivity index (χ2n) is 13.2. The van der Waals surface area contributed by atoms with E-state index in [0.717, 1.165) is 48.5 Å². The number of fused-ring (bicyclic) bond motifs is 1. The van der Waals surface area contributed by atoms with Crippen molar-refractivity contribution in [1.82, 2.24) is 24.4 Å². The summed E-state index contributed by atoms with van der Waals surface area (Å²) in [5, 5.41) is 31.2. The summed E-state index contributed by atoms with van der Waals surface area (Å²) in [6.45, 7) is 5.41. The molecular formula is C35H42ClN7O3. The van der Waals surface area contributed by atoms with Crippen LogP contribution in [0.25, 0.3) is 5.65 Å². The summed E-state index contributed by atoms with van der Waals surface area (Å²) in [5.41, 5.74) is 2.40. The molecule has 1 unspecified atom stereocenters. The summed E-state index contributed by atoms with van der Waals surface area (Å²) >= 11 is 6.06. The van der Waals surface area contributed by atoms with Crippen molar-refractivity contribution in [2.45, 2.75) is 56.1 Å². The molecule has 7 rings (SSSR count). The Balaban J connectivity index is 0.981. The van der Waals surface area contributed by atoms with Crippen LogP contribution in [0.3, 0.4) is 0 Å². The molecule has 3 N–H and O–H groups in total. The normalized spacial score (nSPS) is 22.2. The molecule has 1 atom stereocenters. The molecule has 242 valence electrons. The quantitative estimate of drug-likeness (QED) is 0.256. The highest BCUT2D eigenvalue weighted by atomic mass is 35.5. The van der Waals surface area contributed by atoms with Gasteiger partial charge in [-0.05, 0) is 112 Å². The van der Waals surface area contributed by atoms with Crippen molar-refractivity contribution in [2.75, 3.05) is 56.0 Å². The number of aromatic nitrogens is 3. The van der Waals surface area contributed by atoms with Gasteiger partial charge in [0.05, 0.1) is 16.9 Å². The number of likely N-dealkylation sites (tertiary alicyclic amines) is 2. The van der Waals surface area contributed by atoms with Crippen LogP contribution in [0.5, 0.6) is 0 Å². The molecule has 3 aliphatic rings. The zero-order chi connectivity index (χ0) is 31.7. The van der Waals surface area contributed by atoms with Crippen LogP contribution in [0.1, 0.15) is 60.9 Å². The molecule has 11 heteroatoms. The van der Waals surface area contributed by atoms with Gasteiger partial charge in [0.2, 0.25) is 5.95 Å². The van der Waals surface area contributed by atoms with Gasteiger partial charge < -0.3 is 30.2 Å². The lowest BCUT2D eigenvalue weighted by molar-refractivity contribution is -0.00291. The Labute approximate surface area is 274 Å². The Hall–Kier alpha value is -3.70. The van der Waals surface area contributed by atoms with Crippen molar-refractivity contribution in [3.63, 3.8) is 0 Å². The van der Waals surface area contributed by atoms with E-state index in [0.29, 0.717) is 68.5 Å². The summed E-state index contributed by atoms with van der Waals surface area (Å²) in [7, 11) is 0. The number of nitrogens with one attached hydrogen (secondary N) is 1. The van der Waals surface area contributed by atoms with Crippen LogP contribution in [0.4, 0.5) is 17.3 Å². The Morgan fingerprint density at radius 2 is 1.59 bits per heavy atom. The van der Waals surface area contributed by atoms with Gasteiger partial charge in [0.1, 0.15) is 0 Å². The van der Waals surface area contributed by atoms with Gasteiger partial charge in [-0.2, -0.15) is 4.98 Å². The number of hydrogen-bond acceptors (Lipinski definition) is 8. The van der Waals surface area contributed by atoms with Crippen LogP contribution in [0.2, 0.25) is 5.02 Å². The van der Waals surface area contributed by atoms with Gasteiger partial charge in [0.25, 0.3) is 5.91 Å². The Morgan fingerprint density at radius 1 is 0.848 bits per heavy atom. The number of β-amino-alcohol motifs (C(OH)–C–C–N with tert-alkyl or cyclic N) is 1. The smallest absolute Gasteiger partial charge is 0.253 e. The number of hydrogen-bond donors (Lipinski definition) is 3. The number of pyridine rings is 1. The first kappa shape index (κ1) is 30.9. The Kier molecular flexibility index (Phi) is 8.63. The molecule has 0 spiro atoms. The zero-order valence-corrected chi connectivity index (χ0v) is 26.9. The maximum absolute atomic E-state index is 13.4. The third-order valence-corrected chi connectivity index (χ3v) is 10.2. The van der Waals surface area contributed by atoms with Gasteiger partial charge in [-0.1, -0.05) is 23.7 Å². The van der Waals surface area contributed by atoms with Gasteiger partial charge in [0, 0.05) is 55.2 Å². The molecule has 0 bridgehead atoms. The van der Waals surface area contributed by atoms with Crippen molar-refractivity contribution in [2.24, 2.45) is 0 Å². The van der Waals surface area contributed by atoms with E-state index in [2.05, 4.69) is 20.2 Å². The van der Waals surface area contributed by atoms with Gasteiger partial charge in [-0.25, -0.2) is 4.52 Å². The monoisotopic (exact) mass is 643 g/mol. The lowest BCUT2D eigenvalue weighted by Gasteiger charge is -2.39. The number of benzene rings is 2. The summed E-state index contributed by atoms with van der Waals surface area (Å²) < 4.78 is 1.76. The Morgan fingerprint density at radius 3 is 2.33 bits per heavy atom. The average molecular weight is 644 g/mol. The second kappa shape index (κ2) is 12.8. The van der Waals surface area contributed by atoms with Crippen LogP contribution in [-0.2, 0) is 5.60 Å². The van der Waals surface area contributed by atoms with Crippen LogP contribution in [-0.4, -0.2) is 91.9 Å². The fourth-order valence-corrected chi connectivity index (χ4v) is 7.39. The predicted molar refractivity (Wildman–Crippen MR) is 180 cm³/mol. The van der Waals surface area contributed by atoms with Gasteiger partial charge >= 0.3 is 0 Å². The molecule has 46 heavy (non-hydrogen) atoms. The lowest BCUT2D eigenvalue weighted by atomic mass is 9.84. The molecule has 2 aromatic carbocycles. The molecule has 5 heterocycles. The molecule has 3 aliphatic heterocycles. The standard InChI is InChI=1S/C35H42ClN7O3/c36-28-10-8-27(9-11-28)35(46)16-23-41(24-17-35)30-5-3-21-43-31(30)38-33(39-43)37-29-12-6-26(7-13-29)32(44)42-20-4-14-34(45,15-22-42)25-40-18-1-2-19-40/h3,5-13,21,45-46H,1-2,4,14-20,22-25H2,(H,37,39). The minimum atomic E-state index is -0.885. The Bertz CT molecular complexity index is 1660. The van der Waals surface area contributed by atoms with E-state index in [1.54, 1.807) is 4.52 Å². The molecule has 2 aromatic heterocycles. The molecule has 3 fully saturated rings. The van der Waals surface area contributed by atoms with E-state index in [-0.39, 0.29) is 5.91 Å². The molecule has 0 radical (unpaired) electrons. The molecular weight excluding hydrogens is 602 g/mol. The summed E-state index contributed by atoms with van der Waals surface area (Å²) in [4.78, 5) is 24.7. The van der Waals surface area contributed by atoms with Crippen LogP contribution < -0.4 is 10.2 Å². The SMILES string of the molecule is O=C(c1ccc(Nc2nc3c(N4CCC(O)(c5ccc(Cl)cc5)CC4)cccn3n2)cc1)N1CCCC(O)(CN2CCCC2)CC1. The summed E-state index contributed by atoms with van der Waals surface area (Å²) in [6.07, 6.45) is 7.61. The number of amides is 1. The second-order valence-corrected chi connectivity index (χ2v) is 13.6. The highest BCUT2D eigenvalue weighted by molar-refractivity contribution is 6.30. The fourth-order valence-electron chi connectivity index (χ4n) is 7.26. The highest BCUT2D eigenvalue weighted by Gasteiger charge is 2.36. The summed E-state index contributed by atoms with van der Waals surface area (Å²) in [6, 6.07) is 18.9. The molecule has 4 aromatic rings. The van der Waals surface area contributed by atoms with Crippen molar-refractivity contribution in [3.8, 4) is 0 Å². The number of carbonyl (C=O) groups excluding carboxylic acids is 1. The van der Waals surface area contributed by atoms with Crippen molar-refractivity contribution in [3.05, 3.63) is 83.0 Å². The van der Waals surface area contributed by atoms with Crippen LogP contribution >= 0.6 is 11.6 Å². The first-order valence-corrected chi connectivity index (χ1v) is 16.8. The lowest BCUT2D eigenvalue weighted by Crippen LogP contribution is -2.43. The zero-order valence-electron chi connectivity index (χ0n) is 26.1. The first-order valence-electron chi connectivity index (χ1n) is 16.5. The topological polar surface area (TPSA) is 109 Å². The minimum Gasteiger partial charge on any atom is -0.388 e. The third-order valence-electron chi connectivity index (χ3n) is 9.96. The minimum absolute atomic E-state index is 0.00281. The van der Waals surface area contributed by atoms with Crippen molar-refractivity contribution >= 4 is 40.5 Å². The van der Waals surface area contributed by atoms with Gasteiger partial charge in [-0.3, -0.25) is 4.79 Å². The predicted octanol–water partition coefficient (Wildman–Crippen LogP) is 5.07. The number of nitrogens with zero attached hydrogens (tertiary/aromatic N) is 6. The largest absolute Gasteiger partial charge is 0.388 e. The maximum Gasteiger partial charge on any atom is 0.253 e. The third kappa shape index (κ3) is 6.57. The van der Waals surface area contributed by atoms with E-state index in [9.17, 15) is 15.0 Å². The first-order chi connectivity index (χ1) is 22.3. The molecule has 3 saturated heterocycles. The number of halogens is 1. The van der Waals surface area contributed by atoms with Crippen LogP contribution in [0.15, 0.2) is 66.9 Å². The van der Waals surface area contributed by atoms with E-state index < -0.39 is 11.2 Å². The molecule has 0 aliphatic carbocycles. The van der Waals surface area contributed by atoms with Crippen molar-refractivity contribution < 1.29 is 15.0 Å². The fraction of sp³-hybridized carbons (Fsp3) is 0.457. The molecule has 10 nitrogen and oxygen atoms in total. The summed E-state index contributed by atoms with van der Waals surface area (Å²) in [5.74, 6) is 0.461. The number of anilines is 3. The highest BCUT2D eigenvalue weighted by Crippen LogP contribution is 2.36. The number of aliphatic hydroxyl groups is 2. The van der Waals surface area contributed by atoms with E-state index in [1.165, 1.54) is 12.8 Å². The molecule has 0 saturated carbocycles. The van der Waals surface area contributed by atoms with Gasteiger partial charge in [-0.15, -0.1) is 5.10 Å². The average Bonchev–Trinajstić information content (AvgIpc) is 3.68. The van der Waals surface area contributed by atoms with Crippen LogP contribution in [0, 0.1) is 0 Å². The number of rotatable bonds is 7. The van der Waals surface area contributed by atoms with E-state index in [1.807, 2.05) is 71.8 Å².